The van der Waals surface area contributed by atoms with Crippen LogP contribution in [0.1, 0.15) is 5.69 Å². The molecule has 0 spiro atoms. The van der Waals surface area contributed by atoms with E-state index in [0.717, 1.165) is 5.69 Å². The van der Waals surface area contributed by atoms with Crippen LogP contribution in [0.15, 0.2) is 11.4 Å². The molecule has 1 unspecified atom stereocenters. The van der Waals surface area contributed by atoms with Crippen molar-refractivity contribution in [2.45, 2.75) is 17.5 Å². The zero-order valence-corrected chi connectivity index (χ0v) is 8.84. The van der Waals surface area contributed by atoms with Gasteiger partial charge in [0.1, 0.15) is 6.04 Å². The Labute approximate surface area is 87.6 Å². The number of carboxylic acid groups (broad SMARTS) is 1. The lowest BCUT2D eigenvalue weighted by Gasteiger charge is -2.14. The van der Waals surface area contributed by atoms with Crippen molar-refractivity contribution in [2.24, 2.45) is 7.05 Å². The Morgan fingerprint density at radius 3 is 2.86 bits per heavy atom. The molecule has 78 valence electrons. The van der Waals surface area contributed by atoms with Crippen molar-refractivity contribution >= 4 is 18.6 Å². The number of carbonyl (C=O) groups is 1. The van der Waals surface area contributed by atoms with E-state index in [1.165, 1.54) is 0 Å². The van der Waals surface area contributed by atoms with Crippen LogP contribution in [0.5, 0.6) is 0 Å². The monoisotopic (exact) mass is 214 g/mol. The molecule has 0 aromatic carbocycles. The third kappa shape index (κ3) is 2.21. The predicted molar refractivity (Wildman–Crippen MR) is 53.0 cm³/mol. The van der Waals surface area contributed by atoms with Gasteiger partial charge in [0.05, 0.1) is 6.33 Å². The van der Waals surface area contributed by atoms with Crippen LogP contribution in [-0.2, 0) is 30.9 Å². The second-order valence-corrected chi connectivity index (χ2v) is 3.38. The molecule has 0 aliphatic carbocycles. The first-order valence-electron chi connectivity index (χ1n) is 4.13. The lowest BCUT2D eigenvalue weighted by Crippen LogP contribution is -2.36. The summed E-state index contributed by atoms with van der Waals surface area (Å²) < 4.78 is 1.75. The summed E-state index contributed by atoms with van der Waals surface area (Å²) in [6.07, 6.45) is 1.94. The number of hydrogen-bond acceptors (Lipinski definition) is 4. The Hall–Kier alpha value is -1.14. The highest BCUT2D eigenvalue weighted by Gasteiger charge is 2.16. The molecule has 0 bridgehead atoms. The highest BCUT2D eigenvalue weighted by molar-refractivity contribution is 7.58. The minimum Gasteiger partial charge on any atom is -0.758 e. The quantitative estimate of drug-likeness (QED) is 0.664. The van der Waals surface area contributed by atoms with Crippen molar-refractivity contribution < 1.29 is 9.90 Å². The first-order valence-corrected chi connectivity index (χ1v) is 4.54. The minimum atomic E-state index is -0.886. The normalized spacial score (nSPS) is 12.7. The summed E-state index contributed by atoms with van der Waals surface area (Å²) in [7, 11) is 3.41. The van der Waals surface area contributed by atoms with Crippen LogP contribution in [0.4, 0.5) is 0 Å². The van der Waals surface area contributed by atoms with Gasteiger partial charge in [0.2, 0.25) is 0 Å². The summed E-state index contributed by atoms with van der Waals surface area (Å²) in [5.74, 6) is -0.886. The van der Waals surface area contributed by atoms with E-state index in [-0.39, 0.29) is 0 Å². The van der Waals surface area contributed by atoms with Crippen molar-refractivity contribution in [3.8, 4) is 0 Å². The van der Waals surface area contributed by atoms with Crippen LogP contribution in [0.3, 0.4) is 0 Å². The number of rotatable bonds is 4. The Bertz CT molecular complexity index is 318. The molecule has 1 rings (SSSR count). The maximum absolute atomic E-state index is 10.8. The molecule has 0 radical (unpaired) electrons. The van der Waals surface area contributed by atoms with Gasteiger partial charge in [-0.1, -0.05) is 5.03 Å². The molecule has 1 atom stereocenters. The number of aromatic nitrogens is 2. The maximum atomic E-state index is 10.8. The first-order chi connectivity index (χ1) is 6.56. The number of imidazole rings is 1. The summed E-state index contributed by atoms with van der Waals surface area (Å²) in [6.45, 7) is 0. The van der Waals surface area contributed by atoms with Crippen LogP contribution in [0.25, 0.3) is 0 Å². The van der Waals surface area contributed by atoms with Gasteiger partial charge in [0.15, 0.2) is 0 Å². The van der Waals surface area contributed by atoms with Gasteiger partial charge < -0.3 is 27.6 Å². The lowest BCUT2D eigenvalue weighted by atomic mass is 10.1. The zero-order chi connectivity index (χ0) is 10.7. The van der Waals surface area contributed by atoms with E-state index >= 15 is 0 Å². The summed E-state index contributed by atoms with van der Waals surface area (Å²) >= 11 is 4.97. The van der Waals surface area contributed by atoms with Gasteiger partial charge in [-0.05, 0) is 7.05 Å². The van der Waals surface area contributed by atoms with Gasteiger partial charge in [-0.15, -0.1) is 0 Å². The molecule has 0 aliphatic rings. The minimum absolute atomic E-state index is 0.348. The van der Waals surface area contributed by atoms with Crippen molar-refractivity contribution in [1.29, 1.82) is 0 Å². The van der Waals surface area contributed by atoms with E-state index in [1.54, 1.807) is 25.0 Å². The molecule has 2 N–H and O–H groups in total. The van der Waals surface area contributed by atoms with E-state index < -0.39 is 12.0 Å². The highest BCUT2D eigenvalue weighted by atomic mass is 32.1. The lowest BCUT2D eigenvalue weighted by molar-refractivity contribution is -0.139. The smallest absolute Gasteiger partial charge is 0.321 e. The second-order valence-electron chi connectivity index (χ2n) is 2.99. The number of nitrogens with one attached hydrogen (secondary N) is 1. The average Bonchev–Trinajstić information content (AvgIpc) is 2.43. The summed E-state index contributed by atoms with van der Waals surface area (Å²) in [5, 5.41) is 12.0. The molecule has 0 saturated heterocycles. The van der Waals surface area contributed by atoms with Gasteiger partial charge in [-0.25, -0.2) is 0 Å². The first kappa shape index (κ1) is 10.9. The average molecular weight is 214 g/mol. The van der Waals surface area contributed by atoms with Crippen molar-refractivity contribution in [3.05, 3.63) is 12.0 Å². The molecule has 0 aliphatic heterocycles. The van der Waals surface area contributed by atoms with Crippen LogP contribution < -0.4 is 5.32 Å². The number of likely N-dealkylation sites (N-methyl/N-ethyl adjacent to an activating group) is 1. The van der Waals surface area contributed by atoms with Crippen LogP contribution in [-0.4, -0.2) is 33.7 Å². The molecule has 5 nitrogen and oxygen atoms in total. The molecular formula is C8H12N3O2S-. The van der Waals surface area contributed by atoms with Gasteiger partial charge in [0.25, 0.3) is 0 Å². The largest absolute Gasteiger partial charge is 0.758 e. The van der Waals surface area contributed by atoms with Gasteiger partial charge in [-0.3, -0.25) is 9.78 Å². The fraction of sp³-hybridized carbons (Fsp3) is 0.500. The van der Waals surface area contributed by atoms with E-state index in [9.17, 15) is 4.79 Å². The standard InChI is InChI=1S/C8H13N3O2S/c1-9-5(8(12)13)3-6-7(14)10-4-11(6)2/h4-5,9,14H,3H2,1-2H3,(H,12,13)/p-1. The van der Waals surface area contributed by atoms with E-state index in [2.05, 4.69) is 10.3 Å². The van der Waals surface area contributed by atoms with Crippen molar-refractivity contribution in [3.63, 3.8) is 0 Å². The third-order valence-corrected chi connectivity index (χ3v) is 2.41. The predicted octanol–water partition coefficient (Wildman–Crippen LogP) is -0.459. The Morgan fingerprint density at radius 2 is 2.50 bits per heavy atom. The number of carboxylic acids is 1. The maximum Gasteiger partial charge on any atom is 0.321 e. The molecule has 0 saturated carbocycles. The number of aryl methyl sites for hydroxylation is 1. The van der Waals surface area contributed by atoms with Crippen LogP contribution >= 0.6 is 0 Å². The fourth-order valence-corrected chi connectivity index (χ4v) is 1.45. The van der Waals surface area contributed by atoms with Crippen molar-refractivity contribution in [2.75, 3.05) is 7.05 Å². The molecule has 1 aromatic rings. The van der Waals surface area contributed by atoms with Crippen LogP contribution in [0.2, 0.25) is 0 Å². The van der Waals surface area contributed by atoms with Crippen molar-refractivity contribution in [1.82, 2.24) is 14.9 Å². The zero-order valence-electron chi connectivity index (χ0n) is 8.02. The summed E-state index contributed by atoms with van der Waals surface area (Å²) in [5.41, 5.74) is 0.766. The number of aliphatic carboxylic acids is 1. The molecular weight excluding hydrogens is 202 g/mol. The topological polar surface area (TPSA) is 67.2 Å². The number of hydrogen-bond donors (Lipinski definition) is 2. The fourth-order valence-electron chi connectivity index (χ4n) is 1.17. The molecule has 1 aromatic heterocycles. The van der Waals surface area contributed by atoms with Crippen LogP contribution in [0, 0.1) is 0 Å². The highest BCUT2D eigenvalue weighted by Crippen LogP contribution is 2.08. The summed E-state index contributed by atoms with van der Waals surface area (Å²) in [6, 6.07) is -0.618. The summed E-state index contributed by atoms with van der Waals surface area (Å²) in [4.78, 5) is 14.7. The molecule has 6 heteroatoms. The Morgan fingerprint density at radius 1 is 1.86 bits per heavy atom. The van der Waals surface area contributed by atoms with E-state index in [4.69, 9.17) is 17.7 Å². The molecule has 1 heterocycles. The van der Waals surface area contributed by atoms with Gasteiger partial charge >= 0.3 is 5.97 Å². The SMILES string of the molecule is CNC(Cc1c([S-])ncn1C)C(=O)O. The Balaban J connectivity index is 2.81. The second kappa shape index (κ2) is 4.39. The molecule has 14 heavy (non-hydrogen) atoms. The van der Waals surface area contributed by atoms with E-state index in [1.807, 2.05) is 0 Å². The molecule has 0 fully saturated rings. The Kier molecular flexibility index (Phi) is 3.43. The van der Waals surface area contributed by atoms with E-state index in [0.29, 0.717) is 11.4 Å². The molecule has 0 amide bonds. The van der Waals surface area contributed by atoms with Gasteiger partial charge in [0, 0.05) is 19.2 Å². The third-order valence-electron chi connectivity index (χ3n) is 2.06. The van der Waals surface area contributed by atoms with Gasteiger partial charge in [-0.2, -0.15) is 0 Å². The number of nitrogens with zero attached hydrogens (tertiary/aromatic N) is 2.